The molecule has 2 heterocycles. The number of Topliss-reactive ketones (excluding diaryl/α,β-unsaturated/α-hetero) is 1. The van der Waals surface area contributed by atoms with Crippen molar-refractivity contribution in [3.63, 3.8) is 0 Å². The number of carbonyl (C=O) groups excluding carboxylic acids is 2. The summed E-state index contributed by atoms with van der Waals surface area (Å²) >= 11 is 0. The fraction of sp³-hybridized carbons (Fsp3) is 0.500. The lowest BCUT2D eigenvalue weighted by Gasteiger charge is -2.36. The fourth-order valence-electron chi connectivity index (χ4n) is 5.05. The number of nitrogens with zero attached hydrogens (tertiary/aromatic N) is 2. The maximum absolute atomic E-state index is 15.5. The summed E-state index contributed by atoms with van der Waals surface area (Å²) in [5, 5.41) is 8.67. The number of esters is 1. The molecule has 0 amide bonds. The van der Waals surface area contributed by atoms with Gasteiger partial charge in [-0.3, -0.25) is 10.2 Å². The number of hydrogen-bond acceptors (Lipinski definition) is 8. The van der Waals surface area contributed by atoms with Crippen molar-refractivity contribution in [1.29, 1.82) is 5.41 Å². The maximum atomic E-state index is 15.5. The van der Waals surface area contributed by atoms with E-state index in [0.717, 1.165) is 5.56 Å². The van der Waals surface area contributed by atoms with Crippen molar-refractivity contribution in [2.75, 3.05) is 44.9 Å². The summed E-state index contributed by atoms with van der Waals surface area (Å²) in [6.45, 7) is 12.5. The van der Waals surface area contributed by atoms with Crippen molar-refractivity contribution in [2.24, 2.45) is 0 Å². The molecular formula is C30H38FN3O6. The molecule has 0 aliphatic carbocycles. The zero-order valence-electron chi connectivity index (χ0n) is 24.3. The number of hydrogen-bond donors (Lipinski definition) is 1. The van der Waals surface area contributed by atoms with Gasteiger partial charge in [-0.05, 0) is 49.9 Å². The second kappa shape index (κ2) is 11.3. The van der Waals surface area contributed by atoms with E-state index in [1.165, 1.54) is 0 Å². The van der Waals surface area contributed by atoms with Crippen molar-refractivity contribution >= 4 is 23.3 Å². The van der Waals surface area contributed by atoms with Crippen LogP contribution in [0.3, 0.4) is 0 Å². The van der Waals surface area contributed by atoms with Crippen LogP contribution in [-0.4, -0.2) is 68.5 Å². The van der Waals surface area contributed by atoms with E-state index < -0.39 is 23.3 Å². The molecule has 9 nitrogen and oxygen atoms in total. The standard InChI is InChI=1S/C30H38FN3O6/c1-8-37-22-13-18-14-34(28(32)24(18)25(31)27(22)38-9-2)15-21(35)17-11-19(30(4,5)6)26-20(12-17)33(7)16-23(40-26)29(36)39-10-3/h11-13,23,32H,8-10,14-16H2,1-7H3. The Balaban J connectivity index is 1.64. The third kappa shape index (κ3) is 5.44. The van der Waals surface area contributed by atoms with Crippen LogP contribution in [0.1, 0.15) is 68.6 Å². The van der Waals surface area contributed by atoms with E-state index in [1.54, 1.807) is 43.9 Å². The van der Waals surface area contributed by atoms with Gasteiger partial charge >= 0.3 is 5.97 Å². The number of fused-ring (bicyclic) bond motifs is 2. The molecule has 216 valence electrons. The Morgan fingerprint density at radius 2 is 1.80 bits per heavy atom. The average molecular weight is 556 g/mol. The van der Waals surface area contributed by atoms with E-state index in [9.17, 15) is 9.59 Å². The highest BCUT2D eigenvalue weighted by molar-refractivity contribution is 6.06. The number of rotatable bonds is 9. The van der Waals surface area contributed by atoms with Gasteiger partial charge in [-0.1, -0.05) is 20.8 Å². The number of likely N-dealkylation sites (N-methyl/N-ethyl adjacent to an activating group) is 1. The van der Waals surface area contributed by atoms with Crippen LogP contribution in [0.4, 0.5) is 10.1 Å². The molecule has 0 spiro atoms. The third-order valence-electron chi connectivity index (χ3n) is 6.97. The van der Waals surface area contributed by atoms with Gasteiger partial charge in [0, 0.05) is 24.7 Å². The number of benzene rings is 2. The number of nitrogens with one attached hydrogen (secondary N) is 1. The van der Waals surface area contributed by atoms with Gasteiger partial charge in [-0.15, -0.1) is 0 Å². The number of carbonyl (C=O) groups is 2. The van der Waals surface area contributed by atoms with Gasteiger partial charge in [-0.2, -0.15) is 0 Å². The van der Waals surface area contributed by atoms with Gasteiger partial charge in [0.2, 0.25) is 6.10 Å². The largest absolute Gasteiger partial charge is 0.490 e. The Morgan fingerprint density at radius 1 is 1.10 bits per heavy atom. The smallest absolute Gasteiger partial charge is 0.349 e. The number of ketones is 1. The molecule has 0 saturated heterocycles. The Morgan fingerprint density at radius 3 is 2.42 bits per heavy atom. The minimum atomic E-state index is -0.776. The Labute approximate surface area is 234 Å². The predicted octanol–water partition coefficient (Wildman–Crippen LogP) is 4.70. The Bertz CT molecular complexity index is 1340. The topological polar surface area (TPSA) is 101 Å². The van der Waals surface area contributed by atoms with Gasteiger partial charge in [0.25, 0.3) is 0 Å². The van der Waals surface area contributed by atoms with Gasteiger partial charge in [0.05, 0.1) is 44.2 Å². The van der Waals surface area contributed by atoms with Crippen molar-refractivity contribution < 1.29 is 32.9 Å². The zero-order chi connectivity index (χ0) is 29.4. The van der Waals surface area contributed by atoms with E-state index in [1.807, 2.05) is 32.7 Å². The van der Waals surface area contributed by atoms with E-state index in [2.05, 4.69) is 0 Å². The lowest BCUT2D eigenvalue weighted by Crippen LogP contribution is -2.44. The highest BCUT2D eigenvalue weighted by Crippen LogP contribution is 2.43. The summed E-state index contributed by atoms with van der Waals surface area (Å²) in [6.07, 6.45) is -0.776. The first-order valence-electron chi connectivity index (χ1n) is 13.6. The van der Waals surface area contributed by atoms with E-state index >= 15 is 4.39 Å². The van der Waals surface area contributed by atoms with Gasteiger partial charge in [0.1, 0.15) is 11.6 Å². The molecule has 1 atom stereocenters. The number of anilines is 1. The quantitative estimate of drug-likeness (QED) is 0.351. The average Bonchev–Trinajstić information content (AvgIpc) is 3.20. The van der Waals surface area contributed by atoms with Crippen molar-refractivity contribution in [3.05, 3.63) is 46.3 Å². The lowest BCUT2D eigenvalue weighted by atomic mass is 9.84. The molecule has 2 aromatic rings. The zero-order valence-corrected chi connectivity index (χ0v) is 24.3. The van der Waals surface area contributed by atoms with E-state index in [4.69, 9.17) is 24.4 Å². The summed E-state index contributed by atoms with van der Waals surface area (Å²) in [6, 6.07) is 5.23. The molecule has 0 fully saturated rings. The molecule has 0 bridgehead atoms. The highest BCUT2D eigenvalue weighted by Gasteiger charge is 2.37. The van der Waals surface area contributed by atoms with Crippen LogP contribution in [0.2, 0.25) is 0 Å². The van der Waals surface area contributed by atoms with Crippen molar-refractivity contribution in [1.82, 2.24) is 4.90 Å². The first kappa shape index (κ1) is 29.2. The molecule has 2 aliphatic heterocycles. The monoisotopic (exact) mass is 555 g/mol. The molecule has 4 rings (SSSR count). The Kier molecular flexibility index (Phi) is 8.28. The van der Waals surface area contributed by atoms with Crippen molar-refractivity contribution in [2.45, 2.75) is 59.6 Å². The molecule has 2 aliphatic rings. The SMILES string of the molecule is CCOC(=O)C1CN(C)c2cc(C(=O)CN3Cc4cc(OCC)c(OCC)c(F)c4C3=N)cc(C(C)(C)C)c2O1. The van der Waals surface area contributed by atoms with Crippen LogP contribution >= 0.6 is 0 Å². The van der Waals surface area contributed by atoms with Crippen LogP contribution in [0.25, 0.3) is 0 Å². The maximum Gasteiger partial charge on any atom is 0.349 e. The highest BCUT2D eigenvalue weighted by atomic mass is 19.1. The van der Waals surface area contributed by atoms with Crippen LogP contribution in [0, 0.1) is 11.2 Å². The summed E-state index contributed by atoms with van der Waals surface area (Å²) in [5.41, 5.74) is 2.22. The number of ether oxygens (including phenoxy) is 4. The predicted molar refractivity (Wildman–Crippen MR) is 150 cm³/mol. The second-order valence-corrected chi connectivity index (χ2v) is 10.9. The first-order chi connectivity index (χ1) is 18.9. The van der Waals surface area contributed by atoms with Gasteiger partial charge in [-0.25, -0.2) is 9.18 Å². The van der Waals surface area contributed by atoms with Crippen molar-refractivity contribution in [3.8, 4) is 17.2 Å². The molecule has 1 N–H and O–H groups in total. The second-order valence-electron chi connectivity index (χ2n) is 10.9. The first-order valence-corrected chi connectivity index (χ1v) is 13.6. The van der Waals surface area contributed by atoms with Crippen LogP contribution in [0.15, 0.2) is 18.2 Å². The third-order valence-corrected chi connectivity index (χ3v) is 6.97. The van der Waals surface area contributed by atoms with Crippen LogP contribution in [-0.2, 0) is 21.5 Å². The summed E-state index contributed by atoms with van der Waals surface area (Å²) in [7, 11) is 1.84. The van der Waals surface area contributed by atoms with Crippen LogP contribution < -0.4 is 19.1 Å². The van der Waals surface area contributed by atoms with E-state index in [-0.39, 0.29) is 61.5 Å². The molecule has 1 unspecified atom stereocenters. The molecular weight excluding hydrogens is 517 g/mol. The fourth-order valence-corrected chi connectivity index (χ4v) is 5.05. The molecule has 0 aromatic heterocycles. The van der Waals surface area contributed by atoms with E-state index in [0.29, 0.717) is 29.2 Å². The molecule has 0 radical (unpaired) electrons. The number of amidine groups is 1. The summed E-state index contributed by atoms with van der Waals surface area (Å²) < 4.78 is 37.9. The molecule has 0 saturated carbocycles. The van der Waals surface area contributed by atoms with Gasteiger partial charge < -0.3 is 28.7 Å². The summed E-state index contributed by atoms with van der Waals surface area (Å²) in [4.78, 5) is 29.5. The van der Waals surface area contributed by atoms with Crippen LogP contribution in [0.5, 0.6) is 17.2 Å². The minimum Gasteiger partial charge on any atom is -0.490 e. The number of halogens is 1. The molecule has 10 heteroatoms. The lowest BCUT2D eigenvalue weighted by molar-refractivity contribution is -0.151. The minimum absolute atomic E-state index is 0.0188. The Hall–Kier alpha value is -3.82. The normalized spacial score (nSPS) is 16.3. The molecule has 2 aromatic carbocycles. The molecule has 40 heavy (non-hydrogen) atoms. The summed E-state index contributed by atoms with van der Waals surface area (Å²) in [5.74, 6) is -0.560. The van der Waals surface area contributed by atoms with Gasteiger partial charge in [0.15, 0.2) is 23.1 Å².